The first-order valence-electron chi connectivity index (χ1n) is 7.67. The number of likely N-dealkylation sites (tertiary alicyclic amines) is 1. The summed E-state index contributed by atoms with van der Waals surface area (Å²) in [6.45, 7) is 1.56. The first-order chi connectivity index (χ1) is 10.8. The number of piperidine rings is 1. The fraction of sp³-hybridized carbons (Fsp3) is 0.294. The lowest BCUT2D eigenvalue weighted by molar-refractivity contribution is 0.0692. The van der Waals surface area contributed by atoms with Crippen LogP contribution in [0.2, 0.25) is 0 Å². The number of nitrogens with zero attached hydrogens (tertiary/aromatic N) is 3. The van der Waals surface area contributed by atoms with Gasteiger partial charge in [-0.25, -0.2) is 0 Å². The Kier molecular flexibility index (Phi) is 3.18. The predicted octanol–water partition coefficient (Wildman–Crippen LogP) is 2.84. The highest BCUT2D eigenvalue weighted by Crippen LogP contribution is 2.25. The number of nitrogens with one attached hydrogen (secondary N) is 1. The van der Waals surface area contributed by atoms with E-state index < -0.39 is 0 Å². The Morgan fingerprint density at radius 1 is 1.18 bits per heavy atom. The topological polar surface area (TPSA) is 53.9 Å². The minimum absolute atomic E-state index is 0.129. The molecule has 0 unspecified atom stereocenters. The van der Waals surface area contributed by atoms with Crippen LogP contribution in [0.15, 0.2) is 48.9 Å². The summed E-state index contributed by atoms with van der Waals surface area (Å²) >= 11 is 0. The summed E-state index contributed by atoms with van der Waals surface area (Å²) in [6.07, 6.45) is 7.60. The maximum Gasteiger partial charge on any atom is 0.254 e. The van der Waals surface area contributed by atoms with Crippen LogP contribution in [0.25, 0.3) is 10.9 Å². The lowest BCUT2D eigenvalue weighted by Gasteiger charge is -2.32. The second-order valence-corrected chi connectivity index (χ2v) is 5.75. The van der Waals surface area contributed by atoms with E-state index in [0.717, 1.165) is 42.4 Å². The van der Waals surface area contributed by atoms with Crippen molar-refractivity contribution in [1.82, 2.24) is 19.7 Å². The van der Waals surface area contributed by atoms with Gasteiger partial charge in [0.2, 0.25) is 0 Å². The van der Waals surface area contributed by atoms with Gasteiger partial charge in [-0.15, -0.1) is 0 Å². The summed E-state index contributed by atoms with van der Waals surface area (Å²) < 4.78 is 2.01. The second-order valence-electron chi connectivity index (χ2n) is 5.75. The van der Waals surface area contributed by atoms with E-state index in [1.165, 1.54) is 0 Å². The minimum Gasteiger partial charge on any atom is -0.361 e. The molecule has 0 spiro atoms. The summed E-state index contributed by atoms with van der Waals surface area (Å²) in [6, 6.07) is 10.2. The zero-order valence-electron chi connectivity index (χ0n) is 12.3. The monoisotopic (exact) mass is 294 g/mol. The zero-order valence-corrected chi connectivity index (χ0v) is 12.3. The molecule has 2 aromatic heterocycles. The third-order valence-corrected chi connectivity index (χ3v) is 4.48. The van der Waals surface area contributed by atoms with E-state index in [1.807, 2.05) is 58.5 Å². The first-order valence-corrected chi connectivity index (χ1v) is 7.67. The van der Waals surface area contributed by atoms with E-state index in [0.29, 0.717) is 6.04 Å². The molecule has 22 heavy (non-hydrogen) atoms. The van der Waals surface area contributed by atoms with Crippen LogP contribution in [0.4, 0.5) is 0 Å². The van der Waals surface area contributed by atoms with Gasteiger partial charge in [0.25, 0.3) is 5.91 Å². The number of amides is 1. The highest BCUT2D eigenvalue weighted by Gasteiger charge is 2.25. The second kappa shape index (κ2) is 5.33. The number of hydrogen-bond acceptors (Lipinski definition) is 2. The Bertz CT molecular complexity index is 782. The molecule has 1 aromatic carbocycles. The van der Waals surface area contributed by atoms with Crippen molar-refractivity contribution < 1.29 is 4.79 Å². The Hall–Kier alpha value is -2.56. The molecule has 1 fully saturated rings. The molecule has 3 aromatic rings. The van der Waals surface area contributed by atoms with Gasteiger partial charge in [-0.05, 0) is 37.1 Å². The fourth-order valence-corrected chi connectivity index (χ4v) is 3.27. The highest BCUT2D eigenvalue weighted by molar-refractivity contribution is 6.06. The standard InChI is InChI=1S/C17H18N4O/c22-17(15-3-1-4-16-14(15)5-9-18-16)20-11-6-13(7-12-20)21-10-2-8-19-21/h1-5,8-10,13,18H,6-7,11-12H2. The van der Waals surface area contributed by atoms with E-state index in [-0.39, 0.29) is 5.91 Å². The Balaban J connectivity index is 1.51. The van der Waals surface area contributed by atoms with Crippen LogP contribution in [0.1, 0.15) is 29.2 Å². The van der Waals surface area contributed by atoms with E-state index in [2.05, 4.69) is 10.1 Å². The number of H-pyrrole nitrogens is 1. The summed E-state index contributed by atoms with van der Waals surface area (Å²) in [5.74, 6) is 0.129. The molecule has 1 saturated heterocycles. The van der Waals surface area contributed by atoms with Crippen LogP contribution in [-0.2, 0) is 0 Å². The Morgan fingerprint density at radius 3 is 2.82 bits per heavy atom. The molecule has 0 saturated carbocycles. The smallest absolute Gasteiger partial charge is 0.254 e. The van der Waals surface area contributed by atoms with Crippen molar-refractivity contribution in [1.29, 1.82) is 0 Å². The molecule has 112 valence electrons. The van der Waals surface area contributed by atoms with Crippen molar-refractivity contribution in [2.45, 2.75) is 18.9 Å². The average Bonchev–Trinajstić information content (AvgIpc) is 3.25. The van der Waals surface area contributed by atoms with Crippen molar-refractivity contribution in [3.8, 4) is 0 Å². The molecular formula is C17H18N4O. The fourth-order valence-electron chi connectivity index (χ4n) is 3.27. The molecule has 1 N–H and O–H groups in total. The number of aromatic nitrogens is 3. The Labute approximate surface area is 128 Å². The van der Waals surface area contributed by atoms with E-state index in [4.69, 9.17) is 0 Å². The number of carbonyl (C=O) groups is 1. The van der Waals surface area contributed by atoms with Crippen LogP contribution < -0.4 is 0 Å². The van der Waals surface area contributed by atoms with Crippen LogP contribution >= 0.6 is 0 Å². The van der Waals surface area contributed by atoms with Crippen molar-refractivity contribution in [2.24, 2.45) is 0 Å². The van der Waals surface area contributed by atoms with E-state index in [1.54, 1.807) is 0 Å². The van der Waals surface area contributed by atoms with Crippen LogP contribution in [0, 0.1) is 0 Å². The number of carbonyl (C=O) groups excluding carboxylic acids is 1. The lowest BCUT2D eigenvalue weighted by Crippen LogP contribution is -2.39. The van der Waals surface area contributed by atoms with Gasteiger partial charge in [0, 0.05) is 48.1 Å². The normalized spacial score (nSPS) is 16.3. The summed E-state index contributed by atoms with van der Waals surface area (Å²) in [5, 5.41) is 5.31. The van der Waals surface area contributed by atoms with Gasteiger partial charge in [-0.1, -0.05) is 6.07 Å². The summed E-state index contributed by atoms with van der Waals surface area (Å²) in [4.78, 5) is 17.9. The molecule has 1 amide bonds. The van der Waals surface area contributed by atoms with Gasteiger partial charge in [0.15, 0.2) is 0 Å². The van der Waals surface area contributed by atoms with E-state index in [9.17, 15) is 4.79 Å². The maximum atomic E-state index is 12.8. The number of hydrogen-bond donors (Lipinski definition) is 1. The van der Waals surface area contributed by atoms with Gasteiger partial charge in [-0.2, -0.15) is 5.10 Å². The van der Waals surface area contributed by atoms with Gasteiger partial charge in [-0.3, -0.25) is 9.48 Å². The Morgan fingerprint density at radius 2 is 2.05 bits per heavy atom. The molecule has 0 radical (unpaired) electrons. The highest BCUT2D eigenvalue weighted by atomic mass is 16.2. The first kappa shape index (κ1) is 13.1. The molecular weight excluding hydrogens is 276 g/mol. The number of benzene rings is 1. The summed E-state index contributed by atoms with van der Waals surface area (Å²) in [5.41, 5.74) is 1.80. The van der Waals surface area contributed by atoms with Gasteiger partial charge in [0.05, 0.1) is 6.04 Å². The lowest BCUT2D eigenvalue weighted by atomic mass is 10.0. The quantitative estimate of drug-likeness (QED) is 0.790. The van der Waals surface area contributed by atoms with Gasteiger partial charge >= 0.3 is 0 Å². The molecule has 4 rings (SSSR count). The molecule has 5 heteroatoms. The maximum absolute atomic E-state index is 12.8. The molecule has 5 nitrogen and oxygen atoms in total. The van der Waals surface area contributed by atoms with Crippen LogP contribution in [0.5, 0.6) is 0 Å². The SMILES string of the molecule is O=C(c1cccc2[nH]ccc12)N1CCC(n2cccn2)CC1. The molecule has 1 aliphatic rings. The number of rotatable bonds is 2. The van der Waals surface area contributed by atoms with Crippen molar-refractivity contribution >= 4 is 16.8 Å². The van der Waals surface area contributed by atoms with Crippen molar-refractivity contribution in [3.63, 3.8) is 0 Å². The summed E-state index contributed by atoms with van der Waals surface area (Å²) in [7, 11) is 0. The molecule has 0 bridgehead atoms. The van der Waals surface area contributed by atoms with Crippen LogP contribution in [0.3, 0.4) is 0 Å². The molecule has 0 atom stereocenters. The molecule has 3 heterocycles. The zero-order chi connectivity index (χ0) is 14.9. The van der Waals surface area contributed by atoms with E-state index >= 15 is 0 Å². The third kappa shape index (κ3) is 2.19. The van der Waals surface area contributed by atoms with Gasteiger partial charge < -0.3 is 9.88 Å². The van der Waals surface area contributed by atoms with Crippen LogP contribution in [-0.4, -0.2) is 38.7 Å². The molecule has 1 aliphatic heterocycles. The van der Waals surface area contributed by atoms with Crippen molar-refractivity contribution in [3.05, 3.63) is 54.5 Å². The largest absolute Gasteiger partial charge is 0.361 e. The number of fused-ring (bicyclic) bond motifs is 1. The average molecular weight is 294 g/mol. The minimum atomic E-state index is 0.129. The van der Waals surface area contributed by atoms with Crippen molar-refractivity contribution in [2.75, 3.05) is 13.1 Å². The predicted molar refractivity (Wildman–Crippen MR) is 84.7 cm³/mol. The number of aromatic amines is 1. The van der Waals surface area contributed by atoms with Gasteiger partial charge in [0.1, 0.15) is 0 Å². The molecule has 0 aliphatic carbocycles. The third-order valence-electron chi connectivity index (χ3n) is 4.48.